The van der Waals surface area contributed by atoms with Crippen molar-refractivity contribution in [3.8, 4) is 0 Å². The van der Waals surface area contributed by atoms with Gasteiger partial charge >= 0.3 is 0 Å². The van der Waals surface area contributed by atoms with Crippen molar-refractivity contribution < 1.29 is 4.79 Å². The normalized spacial score (nSPS) is 18.1. The number of amidine groups is 1. The Morgan fingerprint density at radius 1 is 0.967 bits per heavy atom. The molecule has 1 unspecified atom stereocenters. The number of nitrogens with zero attached hydrogens (tertiary/aromatic N) is 2. The number of nitrogens with one attached hydrogen (secondary N) is 1. The number of unbranched alkanes of at least 4 members (excludes halogenated alkanes) is 4. The van der Waals surface area contributed by atoms with Gasteiger partial charge in [0.05, 0.1) is 11.5 Å². The monoisotopic (exact) mass is 417 g/mol. The van der Waals surface area contributed by atoms with Gasteiger partial charge in [0.1, 0.15) is 0 Å². The molecule has 3 aromatic carbocycles. The maximum absolute atomic E-state index is 12.2. The predicted molar refractivity (Wildman–Crippen MR) is 129 cm³/mol. The second kappa shape index (κ2) is 9.90. The Morgan fingerprint density at radius 3 is 2.33 bits per heavy atom. The number of benzene rings is 3. The molecule has 1 amide bonds. The van der Waals surface area contributed by atoms with Crippen LogP contribution in [0.5, 0.6) is 0 Å². The van der Waals surface area contributed by atoms with Crippen LogP contribution >= 0.6 is 11.8 Å². The first-order valence-electron chi connectivity index (χ1n) is 10.8. The summed E-state index contributed by atoms with van der Waals surface area (Å²) in [4.78, 5) is 12.2. The summed E-state index contributed by atoms with van der Waals surface area (Å²) in [6, 6.07) is 18.8. The first-order chi connectivity index (χ1) is 14.8. The molecule has 1 fully saturated rings. The van der Waals surface area contributed by atoms with Crippen LogP contribution in [0.25, 0.3) is 21.5 Å². The fourth-order valence-electron chi connectivity index (χ4n) is 3.90. The van der Waals surface area contributed by atoms with E-state index in [0.29, 0.717) is 5.17 Å². The summed E-state index contributed by atoms with van der Waals surface area (Å²) in [6.45, 7) is 2.21. The van der Waals surface area contributed by atoms with Gasteiger partial charge in [-0.05, 0) is 34.0 Å². The molecular formula is C25H27N3OS. The molecule has 0 spiro atoms. The Bertz CT molecular complexity index is 1050. The quantitative estimate of drug-likeness (QED) is 0.203. The van der Waals surface area contributed by atoms with E-state index >= 15 is 0 Å². The van der Waals surface area contributed by atoms with E-state index < -0.39 is 0 Å². The number of hydrogen-bond acceptors (Lipinski definition) is 4. The largest absolute Gasteiger partial charge is 0.303 e. The highest BCUT2D eigenvalue weighted by Crippen LogP contribution is 2.28. The van der Waals surface area contributed by atoms with E-state index in [2.05, 4.69) is 52.8 Å². The lowest BCUT2D eigenvalue weighted by molar-refractivity contribution is -0.118. The van der Waals surface area contributed by atoms with Crippen LogP contribution in [0.1, 0.15) is 51.0 Å². The third kappa shape index (κ3) is 4.73. The molecule has 0 aliphatic carbocycles. The molecule has 5 heteroatoms. The molecule has 0 saturated carbocycles. The van der Waals surface area contributed by atoms with Gasteiger partial charge in [-0.1, -0.05) is 99.3 Å². The molecule has 0 bridgehead atoms. The molecule has 154 valence electrons. The Morgan fingerprint density at radius 2 is 1.63 bits per heavy atom. The van der Waals surface area contributed by atoms with Crippen molar-refractivity contribution in [2.45, 2.75) is 50.7 Å². The molecule has 1 saturated heterocycles. The van der Waals surface area contributed by atoms with Crippen LogP contribution in [0.15, 0.2) is 64.8 Å². The minimum atomic E-state index is -0.0426. The lowest BCUT2D eigenvalue weighted by atomic mass is 9.97. The van der Waals surface area contributed by atoms with E-state index in [1.165, 1.54) is 48.2 Å². The van der Waals surface area contributed by atoms with Crippen LogP contribution in [0, 0.1) is 0 Å². The fourth-order valence-corrected chi connectivity index (χ4v) is 4.88. The maximum Gasteiger partial charge on any atom is 0.239 e. The van der Waals surface area contributed by atoms with E-state index in [1.54, 1.807) is 0 Å². The lowest BCUT2D eigenvalue weighted by Gasteiger charge is -2.07. The van der Waals surface area contributed by atoms with Gasteiger partial charge in [-0.3, -0.25) is 4.79 Å². The number of carbonyl (C=O) groups excluding carboxylic acids is 1. The van der Waals surface area contributed by atoms with E-state index in [4.69, 9.17) is 0 Å². The lowest BCUT2D eigenvalue weighted by Crippen LogP contribution is -2.24. The van der Waals surface area contributed by atoms with Gasteiger partial charge in [-0.2, -0.15) is 5.10 Å². The number of thioether (sulfide) groups is 1. The number of rotatable bonds is 8. The second-order valence-electron chi connectivity index (χ2n) is 7.68. The minimum absolute atomic E-state index is 0.0426. The van der Waals surface area contributed by atoms with E-state index in [-0.39, 0.29) is 11.2 Å². The zero-order valence-electron chi connectivity index (χ0n) is 17.3. The fraction of sp³-hybridized carbons (Fsp3) is 0.320. The molecule has 1 N–H and O–H groups in total. The Hall–Kier alpha value is -2.66. The van der Waals surface area contributed by atoms with Crippen LogP contribution in [0.3, 0.4) is 0 Å². The summed E-state index contributed by atoms with van der Waals surface area (Å²) in [5.74, 6) is 0.0556. The average molecular weight is 418 g/mol. The summed E-state index contributed by atoms with van der Waals surface area (Å²) >= 11 is 1.50. The average Bonchev–Trinajstić information content (AvgIpc) is 3.12. The molecule has 0 radical (unpaired) electrons. The van der Waals surface area contributed by atoms with Crippen molar-refractivity contribution in [1.29, 1.82) is 0 Å². The first-order valence-corrected chi connectivity index (χ1v) is 11.6. The van der Waals surface area contributed by atoms with Gasteiger partial charge in [0.15, 0.2) is 5.17 Å². The second-order valence-corrected chi connectivity index (χ2v) is 8.87. The summed E-state index contributed by atoms with van der Waals surface area (Å²) in [5, 5.41) is 16.7. The maximum atomic E-state index is 12.2. The molecule has 1 heterocycles. The van der Waals surface area contributed by atoms with E-state index in [1.807, 2.05) is 30.5 Å². The number of fused-ring (bicyclic) bond motifs is 2. The van der Waals surface area contributed by atoms with Crippen molar-refractivity contribution in [3.63, 3.8) is 0 Å². The summed E-state index contributed by atoms with van der Waals surface area (Å²) in [6.07, 6.45) is 8.74. The van der Waals surface area contributed by atoms with Crippen molar-refractivity contribution in [2.24, 2.45) is 10.2 Å². The van der Waals surface area contributed by atoms with Crippen LogP contribution in [-0.4, -0.2) is 22.5 Å². The standard InChI is InChI=1S/C25H27N3OS/c1-2-3-4-5-6-15-23-24(29)27-25(30-23)28-26-17-22-20-13-9-7-11-18(20)16-19-12-8-10-14-21(19)22/h7-14,16-17,23H,2-6,15H2,1H3,(H,27,28,29). The van der Waals surface area contributed by atoms with Gasteiger partial charge in [-0.15, -0.1) is 5.10 Å². The molecule has 4 nitrogen and oxygen atoms in total. The molecule has 1 aliphatic rings. The van der Waals surface area contributed by atoms with E-state index in [0.717, 1.165) is 29.2 Å². The highest BCUT2D eigenvalue weighted by Gasteiger charge is 2.29. The molecule has 1 aliphatic heterocycles. The summed E-state index contributed by atoms with van der Waals surface area (Å²) in [7, 11) is 0. The zero-order chi connectivity index (χ0) is 20.8. The summed E-state index contributed by atoms with van der Waals surface area (Å²) < 4.78 is 0. The zero-order valence-corrected chi connectivity index (χ0v) is 18.1. The van der Waals surface area contributed by atoms with Gasteiger partial charge in [0, 0.05) is 5.56 Å². The molecule has 30 heavy (non-hydrogen) atoms. The van der Waals surface area contributed by atoms with Crippen LogP contribution in [0.4, 0.5) is 0 Å². The third-order valence-corrected chi connectivity index (χ3v) is 6.64. The minimum Gasteiger partial charge on any atom is -0.303 e. The Kier molecular flexibility index (Phi) is 6.80. The Balaban J connectivity index is 1.49. The highest BCUT2D eigenvalue weighted by molar-refractivity contribution is 8.15. The Labute approximate surface area is 181 Å². The number of carbonyl (C=O) groups is 1. The van der Waals surface area contributed by atoms with Crippen LogP contribution in [-0.2, 0) is 4.79 Å². The van der Waals surface area contributed by atoms with Gasteiger partial charge < -0.3 is 5.32 Å². The topological polar surface area (TPSA) is 53.8 Å². The van der Waals surface area contributed by atoms with Crippen LogP contribution < -0.4 is 5.32 Å². The molecule has 0 aromatic heterocycles. The number of amides is 1. The molecule has 1 atom stereocenters. The predicted octanol–water partition coefficient (Wildman–Crippen LogP) is 6.28. The SMILES string of the molecule is CCCCCCCC1SC(=NN=Cc2c3ccccc3cc3ccccc23)NC1=O. The van der Waals surface area contributed by atoms with Gasteiger partial charge in [-0.25, -0.2) is 0 Å². The summed E-state index contributed by atoms with van der Waals surface area (Å²) in [5.41, 5.74) is 1.05. The van der Waals surface area contributed by atoms with E-state index in [9.17, 15) is 4.79 Å². The van der Waals surface area contributed by atoms with Gasteiger partial charge in [0.25, 0.3) is 0 Å². The van der Waals surface area contributed by atoms with Crippen molar-refractivity contribution in [3.05, 3.63) is 60.2 Å². The van der Waals surface area contributed by atoms with Gasteiger partial charge in [0.2, 0.25) is 5.91 Å². The smallest absolute Gasteiger partial charge is 0.239 e. The highest BCUT2D eigenvalue weighted by atomic mass is 32.2. The molecule has 3 aromatic rings. The van der Waals surface area contributed by atoms with Crippen molar-refractivity contribution in [1.82, 2.24) is 5.32 Å². The molecule has 4 rings (SSSR count). The van der Waals surface area contributed by atoms with Crippen molar-refractivity contribution in [2.75, 3.05) is 0 Å². The first kappa shape index (κ1) is 20.6. The van der Waals surface area contributed by atoms with Crippen LogP contribution in [0.2, 0.25) is 0 Å². The molecular weight excluding hydrogens is 390 g/mol. The van der Waals surface area contributed by atoms with Crippen molar-refractivity contribution >= 4 is 50.6 Å². The number of hydrogen-bond donors (Lipinski definition) is 1. The third-order valence-electron chi connectivity index (χ3n) is 5.49.